The standard InChI is InChI=1S/C16H23N3O5S/c1-2-24-15(21)13(18)11-5-8-19(14(20)12(11)17)9-16(6-7-16)25(22,23)10-3-4-10/h10,18H,2-9,17H2,1H3. The van der Waals surface area contributed by atoms with Crippen LogP contribution in [0.2, 0.25) is 0 Å². The number of sulfone groups is 1. The Bertz CT molecular complexity index is 763. The Balaban J connectivity index is 1.74. The predicted molar refractivity (Wildman–Crippen MR) is 90.7 cm³/mol. The summed E-state index contributed by atoms with van der Waals surface area (Å²) in [5.74, 6) is -1.32. The third-order valence-electron chi connectivity index (χ3n) is 5.11. The Hall–Kier alpha value is -1.90. The summed E-state index contributed by atoms with van der Waals surface area (Å²) in [6.07, 6.45) is 2.81. The van der Waals surface area contributed by atoms with Crippen molar-refractivity contribution in [2.24, 2.45) is 5.73 Å². The van der Waals surface area contributed by atoms with Gasteiger partial charge in [-0.05, 0) is 39.0 Å². The minimum Gasteiger partial charge on any atom is -0.461 e. The molecule has 2 saturated carbocycles. The Morgan fingerprint density at radius 3 is 2.56 bits per heavy atom. The summed E-state index contributed by atoms with van der Waals surface area (Å²) < 4.78 is 29.1. The smallest absolute Gasteiger partial charge is 0.356 e. The lowest BCUT2D eigenvalue weighted by Crippen LogP contribution is -2.48. The molecule has 0 saturated heterocycles. The number of amides is 1. The Labute approximate surface area is 146 Å². The van der Waals surface area contributed by atoms with Crippen molar-refractivity contribution >= 4 is 27.4 Å². The van der Waals surface area contributed by atoms with Crippen molar-refractivity contribution < 1.29 is 22.7 Å². The summed E-state index contributed by atoms with van der Waals surface area (Å²) in [7, 11) is -3.21. The van der Waals surface area contributed by atoms with E-state index in [1.807, 2.05) is 0 Å². The van der Waals surface area contributed by atoms with Gasteiger partial charge >= 0.3 is 5.97 Å². The van der Waals surface area contributed by atoms with E-state index >= 15 is 0 Å². The van der Waals surface area contributed by atoms with Gasteiger partial charge in [-0.3, -0.25) is 10.2 Å². The van der Waals surface area contributed by atoms with Crippen LogP contribution in [0.1, 0.15) is 39.0 Å². The van der Waals surface area contributed by atoms with Crippen LogP contribution in [0.3, 0.4) is 0 Å². The second kappa shape index (κ2) is 6.12. The molecular formula is C16H23N3O5S. The van der Waals surface area contributed by atoms with E-state index in [1.54, 1.807) is 6.92 Å². The zero-order chi connectivity index (χ0) is 18.4. The molecule has 9 heteroatoms. The van der Waals surface area contributed by atoms with Crippen LogP contribution in [0.4, 0.5) is 0 Å². The molecule has 0 unspecified atom stereocenters. The Morgan fingerprint density at radius 2 is 2.04 bits per heavy atom. The van der Waals surface area contributed by atoms with Crippen LogP contribution >= 0.6 is 0 Å². The Morgan fingerprint density at radius 1 is 1.40 bits per heavy atom. The molecule has 138 valence electrons. The number of ether oxygens (including phenoxy) is 1. The molecule has 2 aliphatic carbocycles. The lowest BCUT2D eigenvalue weighted by atomic mass is 9.99. The zero-order valence-corrected chi connectivity index (χ0v) is 15.0. The van der Waals surface area contributed by atoms with Gasteiger partial charge < -0.3 is 15.4 Å². The first-order chi connectivity index (χ1) is 11.7. The number of rotatable bonds is 7. The number of hydrogen-bond acceptors (Lipinski definition) is 7. The summed E-state index contributed by atoms with van der Waals surface area (Å²) >= 11 is 0. The molecule has 3 N–H and O–H groups in total. The van der Waals surface area contributed by atoms with Crippen LogP contribution in [-0.2, 0) is 24.2 Å². The molecule has 8 nitrogen and oxygen atoms in total. The molecule has 0 aromatic heterocycles. The number of nitrogens with zero attached hydrogens (tertiary/aromatic N) is 1. The van der Waals surface area contributed by atoms with Crippen LogP contribution < -0.4 is 5.73 Å². The van der Waals surface area contributed by atoms with Gasteiger partial charge in [-0.15, -0.1) is 0 Å². The van der Waals surface area contributed by atoms with Gasteiger partial charge in [-0.1, -0.05) is 0 Å². The number of carbonyl (C=O) groups is 2. The predicted octanol–water partition coefficient (Wildman–Crippen LogP) is 0.124. The van der Waals surface area contributed by atoms with Gasteiger partial charge in [0.25, 0.3) is 5.91 Å². The third kappa shape index (κ3) is 3.05. The molecular weight excluding hydrogens is 346 g/mol. The average molecular weight is 369 g/mol. The van der Waals surface area contributed by atoms with E-state index in [1.165, 1.54) is 4.90 Å². The molecule has 0 aromatic carbocycles. The van der Waals surface area contributed by atoms with Crippen LogP contribution in [-0.4, -0.2) is 60.6 Å². The maximum atomic E-state index is 12.6. The van der Waals surface area contributed by atoms with E-state index in [9.17, 15) is 18.0 Å². The Kier molecular flexibility index (Phi) is 4.38. The first-order valence-electron chi connectivity index (χ1n) is 8.51. The fourth-order valence-corrected chi connectivity index (χ4v) is 5.74. The van der Waals surface area contributed by atoms with E-state index < -0.39 is 32.2 Å². The third-order valence-corrected chi connectivity index (χ3v) is 8.20. The number of nitrogens with two attached hydrogens (primary N) is 1. The van der Waals surface area contributed by atoms with Crippen LogP contribution in [0.25, 0.3) is 0 Å². The molecule has 1 amide bonds. The summed E-state index contributed by atoms with van der Waals surface area (Å²) in [5, 5.41) is 7.60. The molecule has 0 radical (unpaired) electrons. The number of esters is 1. The van der Waals surface area contributed by atoms with Crippen molar-refractivity contribution in [1.29, 1.82) is 5.41 Å². The van der Waals surface area contributed by atoms with Crippen molar-refractivity contribution in [1.82, 2.24) is 4.90 Å². The van der Waals surface area contributed by atoms with Gasteiger partial charge in [-0.2, -0.15) is 0 Å². The maximum absolute atomic E-state index is 12.6. The van der Waals surface area contributed by atoms with Crippen molar-refractivity contribution in [2.45, 2.75) is 49.0 Å². The summed E-state index contributed by atoms with van der Waals surface area (Å²) in [6, 6.07) is 0. The van der Waals surface area contributed by atoms with Crippen molar-refractivity contribution in [3.05, 3.63) is 11.3 Å². The highest BCUT2D eigenvalue weighted by molar-refractivity contribution is 7.94. The first kappa shape index (κ1) is 17.9. The molecule has 1 heterocycles. The quantitative estimate of drug-likeness (QED) is 0.484. The first-order valence-corrected chi connectivity index (χ1v) is 10.1. The molecule has 0 bridgehead atoms. The highest BCUT2D eigenvalue weighted by Gasteiger charge is 2.60. The van der Waals surface area contributed by atoms with Gasteiger partial charge in [-0.25, -0.2) is 13.2 Å². The van der Waals surface area contributed by atoms with Gasteiger partial charge in [0.15, 0.2) is 9.84 Å². The van der Waals surface area contributed by atoms with Crippen molar-refractivity contribution in [2.75, 3.05) is 19.7 Å². The largest absolute Gasteiger partial charge is 0.461 e. The van der Waals surface area contributed by atoms with Crippen LogP contribution in [0, 0.1) is 5.41 Å². The van der Waals surface area contributed by atoms with Crippen LogP contribution in [0.15, 0.2) is 11.3 Å². The normalized spacial score (nSPS) is 22.8. The monoisotopic (exact) mass is 369 g/mol. The molecule has 3 rings (SSSR count). The zero-order valence-electron chi connectivity index (χ0n) is 14.2. The average Bonchev–Trinajstić information content (AvgIpc) is 3.45. The van der Waals surface area contributed by atoms with Gasteiger partial charge in [0.05, 0.1) is 16.6 Å². The van der Waals surface area contributed by atoms with E-state index in [0.717, 1.165) is 0 Å². The summed E-state index contributed by atoms with van der Waals surface area (Å²) in [5.41, 5.74) is 5.47. The van der Waals surface area contributed by atoms with E-state index in [4.69, 9.17) is 15.9 Å². The second-order valence-electron chi connectivity index (χ2n) is 6.89. The van der Waals surface area contributed by atoms with E-state index in [0.29, 0.717) is 25.7 Å². The number of carbonyl (C=O) groups excluding carboxylic acids is 2. The minimum absolute atomic E-state index is 0.135. The van der Waals surface area contributed by atoms with Gasteiger partial charge in [0.1, 0.15) is 11.4 Å². The maximum Gasteiger partial charge on any atom is 0.356 e. The van der Waals surface area contributed by atoms with Crippen LogP contribution in [0.5, 0.6) is 0 Å². The van der Waals surface area contributed by atoms with E-state index in [2.05, 4.69) is 0 Å². The number of nitrogens with one attached hydrogen (secondary N) is 1. The highest BCUT2D eigenvalue weighted by Crippen LogP contribution is 2.50. The van der Waals surface area contributed by atoms with E-state index in [-0.39, 0.29) is 42.6 Å². The summed E-state index contributed by atoms with van der Waals surface area (Å²) in [4.78, 5) is 25.7. The molecule has 0 aromatic rings. The molecule has 25 heavy (non-hydrogen) atoms. The van der Waals surface area contributed by atoms with Crippen molar-refractivity contribution in [3.63, 3.8) is 0 Å². The van der Waals surface area contributed by atoms with Gasteiger partial charge in [0.2, 0.25) is 0 Å². The lowest BCUT2D eigenvalue weighted by Gasteiger charge is -2.32. The second-order valence-corrected chi connectivity index (χ2v) is 9.51. The van der Waals surface area contributed by atoms with Crippen molar-refractivity contribution in [3.8, 4) is 0 Å². The highest BCUT2D eigenvalue weighted by atomic mass is 32.2. The summed E-state index contributed by atoms with van der Waals surface area (Å²) in [6.45, 7) is 2.16. The fourth-order valence-electron chi connectivity index (χ4n) is 3.27. The topological polar surface area (TPSA) is 131 Å². The SMILES string of the molecule is CCOC(=O)C(=N)C1=C(N)C(=O)N(CC2(S(=O)(=O)C3CC3)CC2)CC1. The minimum atomic E-state index is -3.21. The fraction of sp³-hybridized carbons (Fsp3) is 0.688. The molecule has 1 aliphatic heterocycles. The molecule has 0 atom stereocenters. The van der Waals surface area contributed by atoms with Gasteiger partial charge in [0, 0.05) is 18.7 Å². The lowest BCUT2D eigenvalue weighted by molar-refractivity contribution is -0.135. The molecule has 2 fully saturated rings. The molecule has 3 aliphatic rings. The number of hydrogen-bond donors (Lipinski definition) is 2. The molecule has 0 spiro atoms.